The predicted octanol–water partition coefficient (Wildman–Crippen LogP) is 2.27. The van der Waals surface area contributed by atoms with Crippen LogP contribution in [0.2, 0.25) is 0 Å². The van der Waals surface area contributed by atoms with Gasteiger partial charge in [-0.05, 0) is 31.9 Å². The van der Waals surface area contributed by atoms with Crippen LogP contribution in [0.15, 0.2) is 18.2 Å². The lowest BCUT2D eigenvalue weighted by Crippen LogP contribution is -2.26. The van der Waals surface area contributed by atoms with E-state index in [4.69, 9.17) is 10.5 Å². The molecule has 1 saturated heterocycles. The standard InChI is InChI=1S/C12H18N2O/c1-9-4-3-7-14(9)12-6-5-10(15-2)8-11(12)13/h5-6,8-9H,3-4,7,13H2,1-2H3. The van der Waals surface area contributed by atoms with Crippen LogP contribution in [0.5, 0.6) is 5.75 Å². The van der Waals surface area contributed by atoms with Gasteiger partial charge in [0, 0.05) is 18.7 Å². The van der Waals surface area contributed by atoms with Gasteiger partial charge in [-0.1, -0.05) is 0 Å². The van der Waals surface area contributed by atoms with Crippen LogP contribution in [-0.4, -0.2) is 19.7 Å². The van der Waals surface area contributed by atoms with Crippen molar-refractivity contribution < 1.29 is 4.74 Å². The number of methoxy groups -OCH3 is 1. The number of hydrogen-bond donors (Lipinski definition) is 1. The minimum absolute atomic E-state index is 0.598. The van der Waals surface area contributed by atoms with Crippen LogP contribution in [0, 0.1) is 0 Å². The molecule has 1 unspecified atom stereocenters. The van der Waals surface area contributed by atoms with Gasteiger partial charge in [-0.25, -0.2) is 0 Å². The van der Waals surface area contributed by atoms with Crippen LogP contribution in [0.1, 0.15) is 19.8 Å². The first-order chi connectivity index (χ1) is 7.22. The second-order valence-corrected chi connectivity index (χ2v) is 4.11. The number of nitrogens with two attached hydrogens (primary N) is 1. The van der Waals surface area contributed by atoms with Crippen LogP contribution in [0.4, 0.5) is 11.4 Å². The maximum atomic E-state index is 6.02. The molecule has 1 atom stereocenters. The van der Waals surface area contributed by atoms with Crippen molar-refractivity contribution in [3.8, 4) is 5.75 Å². The molecule has 1 fully saturated rings. The normalized spacial score (nSPS) is 20.7. The van der Waals surface area contributed by atoms with Gasteiger partial charge in [0.05, 0.1) is 18.5 Å². The summed E-state index contributed by atoms with van der Waals surface area (Å²) in [4.78, 5) is 2.37. The third kappa shape index (κ3) is 1.87. The molecule has 15 heavy (non-hydrogen) atoms. The lowest BCUT2D eigenvalue weighted by atomic mass is 10.2. The monoisotopic (exact) mass is 206 g/mol. The van der Waals surface area contributed by atoms with Crippen molar-refractivity contribution >= 4 is 11.4 Å². The average Bonchev–Trinajstić information content (AvgIpc) is 2.64. The van der Waals surface area contributed by atoms with Crippen molar-refractivity contribution in [2.45, 2.75) is 25.8 Å². The highest BCUT2D eigenvalue weighted by atomic mass is 16.5. The topological polar surface area (TPSA) is 38.5 Å². The maximum Gasteiger partial charge on any atom is 0.121 e. The Morgan fingerprint density at radius 1 is 1.47 bits per heavy atom. The molecule has 3 heteroatoms. The van der Waals surface area contributed by atoms with Gasteiger partial charge >= 0.3 is 0 Å². The van der Waals surface area contributed by atoms with E-state index in [1.54, 1.807) is 7.11 Å². The molecule has 2 rings (SSSR count). The lowest BCUT2D eigenvalue weighted by molar-refractivity contribution is 0.415. The van der Waals surface area contributed by atoms with Crippen LogP contribution >= 0.6 is 0 Å². The van der Waals surface area contributed by atoms with Crippen LogP contribution in [0.25, 0.3) is 0 Å². The highest BCUT2D eigenvalue weighted by molar-refractivity contribution is 5.70. The molecule has 0 spiro atoms. The Morgan fingerprint density at radius 3 is 2.80 bits per heavy atom. The number of benzene rings is 1. The zero-order chi connectivity index (χ0) is 10.8. The SMILES string of the molecule is COc1ccc(N2CCCC2C)c(N)c1. The number of hydrogen-bond acceptors (Lipinski definition) is 3. The molecule has 0 amide bonds. The summed E-state index contributed by atoms with van der Waals surface area (Å²) in [6, 6.07) is 6.51. The van der Waals surface area contributed by atoms with Gasteiger partial charge < -0.3 is 15.4 Å². The minimum atomic E-state index is 0.598. The van der Waals surface area contributed by atoms with E-state index in [9.17, 15) is 0 Å². The molecule has 1 heterocycles. The molecule has 0 saturated carbocycles. The van der Waals surface area contributed by atoms with Crippen molar-refractivity contribution in [2.24, 2.45) is 0 Å². The first kappa shape index (κ1) is 10.1. The summed E-state index contributed by atoms with van der Waals surface area (Å²) >= 11 is 0. The summed E-state index contributed by atoms with van der Waals surface area (Å²) < 4.78 is 5.14. The lowest BCUT2D eigenvalue weighted by Gasteiger charge is -2.25. The van der Waals surface area contributed by atoms with Gasteiger partial charge in [-0.3, -0.25) is 0 Å². The predicted molar refractivity (Wildman–Crippen MR) is 63.4 cm³/mol. The summed E-state index contributed by atoms with van der Waals surface area (Å²) in [6.07, 6.45) is 2.51. The Bertz CT molecular complexity index is 351. The molecule has 0 aromatic heterocycles. The maximum absolute atomic E-state index is 6.02. The minimum Gasteiger partial charge on any atom is -0.497 e. The smallest absolute Gasteiger partial charge is 0.121 e. The Balaban J connectivity index is 2.28. The third-order valence-electron chi connectivity index (χ3n) is 3.10. The zero-order valence-corrected chi connectivity index (χ0v) is 9.36. The molecule has 1 aromatic carbocycles. The highest BCUT2D eigenvalue weighted by Crippen LogP contribution is 2.32. The van der Waals surface area contributed by atoms with Gasteiger partial charge in [0.1, 0.15) is 5.75 Å². The fraction of sp³-hybridized carbons (Fsp3) is 0.500. The zero-order valence-electron chi connectivity index (χ0n) is 9.36. The van der Waals surface area contributed by atoms with Crippen LogP contribution < -0.4 is 15.4 Å². The molecular formula is C12H18N2O. The van der Waals surface area contributed by atoms with Crippen molar-refractivity contribution in [1.82, 2.24) is 0 Å². The van der Waals surface area contributed by atoms with Crippen molar-refractivity contribution in [1.29, 1.82) is 0 Å². The van der Waals surface area contributed by atoms with E-state index in [1.807, 2.05) is 12.1 Å². The molecule has 2 N–H and O–H groups in total. The van der Waals surface area contributed by atoms with Gasteiger partial charge in [0.15, 0.2) is 0 Å². The first-order valence-corrected chi connectivity index (χ1v) is 5.42. The van der Waals surface area contributed by atoms with E-state index in [0.717, 1.165) is 23.7 Å². The summed E-state index contributed by atoms with van der Waals surface area (Å²) in [7, 11) is 1.66. The van der Waals surface area contributed by atoms with E-state index in [0.29, 0.717) is 6.04 Å². The van der Waals surface area contributed by atoms with Crippen LogP contribution in [-0.2, 0) is 0 Å². The van der Waals surface area contributed by atoms with Crippen LogP contribution in [0.3, 0.4) is 0 Å². The molecule has 1 aliphatic heterocycles. The fourth-order valence-electron chi connectivity index (χ4n) is 2.21. The molecule has 0 aliphatic carbocycles. The van der Waals surface area contributed by atoms with E-state index in [2.05, 4.69) is 17.9 Å². The largest absolute Gasteiger partial charge is 0.497 e. The fourth-order valence-corrected chi connectivity index (χ4v) is 2.21. The Labute approximate surface area is 90.8 Å². The number of rotatable bonds is 2. The number of anilines is 2. The summed E-state index contributed by atoms with van der Waals surface area (Å²) in [5.74, 6) is 0.822. The quantitative estimate of drug-likeness (QED) is 0.754. The summed E-state index contributed by atoms with van der Waals surface area (Å²) in [5, 5.41) is 0. The van der Waals surface area contributed by atoms with Gasteiger partial charge in [0.25, 0.3) is 0 Å². The van der Waals surface area contributed by atoms with Gasteiger partial charge in [0.2, 0.25) is 0 Å². The second-order valence-electron chi connectivity index (χ2n) is 4.11. The molecule has 82 valence electrons. The summed E-state index contributed by atoms with van der Waals surface area (Å²) in [5.41, 5.74) is 7.97. The molecule has 0 radical (unpaired) electrons. The van der Waals surface area contributed by atoms with Gasteiger partial charge in [-0.15, -0.1) is 0 Å². The van der Waals surface area contributed by atoms with Gasteiger partial charge in [-0.2, -0.15) is 0 Å². The molecule has 3 nitrogen and oxygen atoms in total. The van der Waals surface area contributed by atoms with Crippen molar-refractivity contribution in [3.05, 3.63) is 18.2 Å². The number of nitrogens with zero attached hydrogens (tertiary/aromatic N) is 1. The van der Waals surface area contributed by atoms with E-state index >= 15 is 0 Å². The first-order valence-electron chi connectivity index (χ1n) is 5.42. The molecule has 1 aromatic rings. The summed E-state index contributed by atoms with van der Waals surface area (Å²) in [6.45, 7) is 3.36. The highest BCUT2D eigenvalue weighted by Gasteiger charge is 2.21. The Hall–Kier alpha value is -1.38. The Kier molecular flexibility index (Phi) is 2.71. The van der Waals surface area contributed by atoms with E-state index < -0.39 is 0 Å². The van der Waals surface area contributed by atoms with E-state index in [1.165, 1.54) is 12.8 Å². The Morgan fingerprint density at radius 2 is 2.27 bits per heavy atom. The molecular weight excluding hydrogens is 188 g/mol. The third-order valence-corrected chi connectivity index (χ3v) is 3.10. The number of ether oxygens (including phenoxy) is 1. The number of nitrogen functional groups attached to an aromatic ring is 1. The average molecular weight is 206 g/mol. The molecule has 0 bridgehead atoms. The van der Waals surface area contributed by atoms with Crippen molar-refractivity contribution in [3.63, 3.8) is 0 Å². The van der Waals surface area contributed by atoms with Crippen molar-refractivity contribution in [2.75, 3.05) is 24.3 Å². The van der Waals surface area contributed by atoms with E-state index in [-0.39, 0.29) is 0 Å². The second kappa shape index (κ2) is 4.01. The molecule has 1 aliphatic rings.